The molecule has 1 aromatic rings. The number of piperidine rings is 1. The molecule has 3 nitrogen and oxygen atoms in total. The molecule has 3 heteroatoms. The van der Waals surface area contributed by atoms with E-state index in [9.17, 15) is 0 Å². The molecule has 1 saturated heterocycles. The van der Waals surface area contributed by atoms with Gasteiger partial charge in [0.2, 0.25) is 0 Å². The van der Waals surface area contributed by atoms with Crippen LogP contribution in [0.4, 0.5) is 0 Å². The number of nitrogens with zero attached hydrogens (tertiary/aromatic N) is 1. The zero-order chi connectivity index (χ0) is 15.3. The van der Waals surface area contributed by atoms with Crippen LogP contribution in [-0.2, 0) is 0 Å². The first-order valence-electron chi connectivity index (χ1n) is 8.19. The molecule has 2 unspecified atom stereocenters. The molecule has 3 N–H and O–H groups in total. The topological polar surface area (TPSA) is 41.3 Å². The van der Waals surface area contributed by atoms with Gasteiger partial charge in [-0.05, 0) is 23.3 Å². The number of benzene rings is 1. The lowest BCUT2D eigenvalue weighted by atomic mass is 9.87. The van der Waals surface area contributed by atoms with Crippen LogP contribution in [0.3, 0.4) is 0 Å². The molecule has 0 aromatic heterocycles. The zero-order valence-electron chi connectivity index (χ0n) is 13.8. The van der Waals surface area contributed by atoms with Crippen molar-refractivity contribution >= 4 is 0 Å². The third kappa shape index (κ3) is 5.42. The molecular weight excluding hydrogens is 258 g/mol. The first-order valence-corrected chi connectivity index (χ1v) is 8.19. The van der Waals surface area contributed by atoms with Crippen LogP contribution in [0.25, 0.3) is 0 Å². The summed E-state index contributed by atoms with van der Waals surface area (Å²) in [6, 6.07) is 11.5. The molecule has 0 spiro atoms. The van der Waals surface area contributed by atoms with Gasteiger partial charge >= 0.3 is 0 Å². The monoisotopic (exact) mass is 289 g/mol. The Morgan fingerprint density at radius 2 is 1.90 bits per heavy atom. The van der Waals surface area contributed by atoms with Crippen molar-refractivity contribution in [2.45, 2.75) is 39.2 Å². The van der Waals surface area contributed by atoms with Crippen LogP contribution in [0.5, 0.6) is 0 Å². The van der Waals surface area contributed by atoms with E-state index in [0.717, 1.165) is 32.7 Å². The van der Waals surface area contributed by atoms with Gasteiger partial charge in [-0.2, -0.15) is 0 Å². The maximum atomic E-state index is 5.77. The second-order valence-electron chi connectivity index (χ2n) is 7.53. The van der Waals surface area contributed by atoms with Crippen molar-refractivity contribution < 1.29 is 0 Å². The minimum absolute atomic E-state index is 0.332. The summed E-state index contributed by atoms with van der Waals surface area (Å²) in [6.07, 6.45) is 1.22. The predicted octanol–water partition coefficient (Wildman–Crippen LogP) is 2.44. The molecule has 1 aliphatic rings. The minimum atomic E-state index is 0.332. The Labute approximate surface area is 129 Å². The summed E-state index contributed by atoms with van der Waals surface area (Å²) < 4.78 is 0. The van der Waals surface area contributed by atoms with Gasteiger partial charge in [0.05, 0.1) is 0 Å². The summed E-state index contributed by atoms with van der Waals surface area (Å²) in [6.45, 7) is 11.9. The molecule has 2 atom stereocenters. The fourth-order valence-corrected chi connectivity index (χ4v) is 3.12. The van der Waals surface area contributed by atoms with Crippen LogP contribution in [0.15, 0.2) is 30.3 Å². The van der Waals surface area contributed by atoms with Gasteiger partial charge in [0.25, 0.3) is 0 Å². The highest BCUT2D eigenvalue weighted by atomic mass is 15.2. The third-order valence-corrected chi connectivity index (χ3v) is 4.16. The highest BCUT2D eigenvalue weighted by Crippen LogP contribution is 2.27. The normalized spacial score (nSPS) is 24.2. The van der Waals surface area contributed by atoms with Crippen molar-refractivity contribution in [3.63, 3.8) is 0 Å². The number of hydrogen-bond donors (Lipinski definition) is 2. The summed E-state index contributed by atoms with van der Waals surface area (Å²) in [5, 5.41) is 3.77. The summed E-state index contributed by atoms with van der Waals surface area (Å²) in [4.78, 5) is 2.52. The van der Waals surface area contributed by atoms with Gasteiger partial charge in [-0.3, -0.25) is 4.90 Å². The predicted molar refractivity (Wildman–Crippen MR) is 90.5 cm³/mol. The number of nitrogens with one attached hydrogen (secondary N) is 1. The van der Waals surface area contributed by atoms with E-state index >= 15 is 0 Å². The number of rotatable bonds is 5. The molecule has 21 heavy (non-hydrogen) atoms. The molecule has 1 aliphatic heterocycles. The zero-order valence-corrected chi connectivity index (χ0v) is 13.8. The lowest BCUT2D eigenvalue weighted by Gasteiger charge is -2.39. The molecule has 0 amide bonds. The second-order valence-corrected chi connectivity index (χ2v) is 7.53. The van der Waals surface area contributed by atoms with Crippen molar-refractivity contribution in [1.82, 2.24) is 10.2 Å². The van der Waals surface area contributed by atoms with E-state index in [2.05, 4.69) is 61.3 Å². The number of nitrogens with two attached hydrogens (primary N) is 1. The van der Waals surface area contributed by atoms with Gasteiger partial charge in [0.15, 0.2) is 0 Å². The molecule has 2 rings (SSSR count). The van der Waals surface area contributed by atoms with Crippen LogP contribution in [0.2, 0.25) is 0 Å². The Hall–Kier alpha value is -0.900. The molecule has 0 bridgehead atoms. The Kier molecular flexibility index (Phi) is 5.80. The van der Waals surface area contributed by atoms with Crippen LogP contribution < -0.4 is 11.1 Å². The minimum Gasteiger partial charge on any atom is -0.329 e. The Bertz CT molecular complexity index is 410. The van der Waals surface area contributed by atoms with Crippen molar-refractivity contribution in [2.24, 2.45) is 11.1 Å². The van der Waals surface area contributed by atoms with E-state index in [1.54, 1.807) is 0 Å². The molecule has 1 heterocycles. The average molecular weight is 289 g/mol. The van der Waals surface area contributed by atoms with Gasteiger partial charge in [0, 0.05) is 38.8 Å². The van der Waals surface area contributed by atoms with E-state index in [1.165, 1.54) is 12.0 Å². The van der Waals surface area contributed by atoms with Crippen LogP contribution >= 0.6 is 0 Å². The van der Waals surface area contributed by atoms with E-state index in [1.807, 2.05) is 0 Å². The summed E-state index contributed by atoms with van der Waals surface area (Å²) in [7, 11) is 0. The fraction of sp³-hybridized carbons (Fsp3) is 0.667. The highest BCUT2D eigenvalue weighted by molar-refractivity contribution is 5.21. The van der Waals surface area contributed by atoms with Crippen LogP contribution in [0.1, 0.15) is 38.7 Å². The van der Waals surface area contributed by atoms with Crippen molar-refractivity contribution in [1.29, 1.82) is 0 Å². The molecular formula is C18H31N3. The van der Waals surface area contributed by atoms with Crippen molar-refractivity contribution in [3.8, 4) is 0 Å². The summed E-state index contributed by atoms with van der Waals surface area (Å²) >= 11 is 0. The van der Waals surface area contributed by atoms with Crippen LogP contribution in [-0.4, -0.2) is 43.7 Å². The van der Waals surface area contributed by atoms with Gasteiger partial charge in [-0.25, -0.2) is 0 Å². The largest absolute Gasteiger partial charge is 0.329 e. The highest BCUT2D eigenvalue weighted by Gasteiger charge is 2.28. The first kappa shape index (κ1) is 16.5. The molecule has 0 aliphatic carbocycles. The number of hydrogen-bond acceptors (Lipinski definition) is 3. The maximum absolute atomic E-state index is 5.77. The molecule has 1 aromatic carbocycles. The number of likely N-dealkylation sites (tertiary alicyclic amines) is 1. The van der Waals surface area contributed by atoms with E-state index in [0.29, 0.717) is 17.4 Å². The van der Waals surface area contributed by atoms with Crippen molar-refractivity contribution in [3.05, 3.63) is 35.9 Å². The van der Waals surface area contributed by atoms with E-state index in [-0.39, 0.29) is 0 Å². The fourth-order valence-electron chi connectivity index (χ4n) is 3.12. The smallest absolute Gasteiger partial charge is 0.0201 e. The molecule has 118 valence electrons. The Morgan fingerprint density at radius 3 is 2.52 bits per heavy atom. The molecule has 1 fully saturated rings. The molecule has 0 saturated carbocycles. The standard InChI is InChI=1S/C18H31N3/c1-18(2,3)14-20-17-11-16(12-21(13-17)10-9-19)15-7-5-4-6-8-15/h4-8,16-17,20H,9-14,19H2,1-3H3. The second kappa shape index (κ2) is 7.39. The quantitative estimate of drug-likeness (QED) is 0.875. The Balaban J connectivity index is 2.01. The van der Waals surface area contributed by atoms with Gasteiger partial charge in [0.1, 0.15) is 0 Å². The first-order chi connectivity index (χ1) is 9.98. The van der Waals surface area contributed by atoms with Gasteiger partial charge < -0.3 is 11.1 Å². The van der Waals surface area contributed by atoms with Crippen molar-refractivity contribution in [2.75, 3.05) is 32.7 Å². The molecule has 0 radical (unpaired) electrons. The lowest BCUT2D eigenvalue weighted by molar-refractivity contribution is 0.167. The van der Waals surface area contributed by atoms with E-state index < -0.39 is 0 Å². The summed E-state index contributed by atoms with van der Waals surface area (Å²) in [5.74, 6) is 0.615. The van der Waals surface area contributed by atoms with Crippen LogP contribution in [0, 0.1) is 5.41 Å². The maximum Gasteiger partial charge on any atom is 0.0201 e. The summed E-state index contributed by atoms with van der Waals surface area (Å²) in [5.41, 5.74) is 7.56. The van der Waals surface area contributed by atoms with Gasteiger partial charge in [-0.15, -0.1) is 0 Å². The third-order valence-electron chi connectivity index (χ3n) is 4.16. The Morgan fingerprint density at radius 1 is 1.19 bits per heavy atom. The van der Waals surface area contributed by atoms with E-state index in [4.69, 9.17) is 5.73 Å². The average Bonchev–Trinajstić information content (AvgIpc) is 2.46. The lowest BCUT2D eigenvalue weighted by Crippen LogP contribution is -2.51. The SMILES string of the molecule is CC(C)(C)CNC1CC(c2ccccc2)CN(CCN)C1. The van der Waals surface area contributed by atoms with Gasteiger partial charge in [-0.1, -0.05) is 51.1 Å².